The van der Waals surface area contributed by atoms with Gasteiger partial charge in [-0.1, -0.05) is 23.2 Å². The number of hydrogen-bond acceptors (Lipinski definition) is 4. The number of halogens is 2. The lowest BCUT2D eigenvalue weighted by molar-refractivity contribution is -0.118. The molecule has 5 nitrogen and oxygen atoms in total. The number of rotatable bonds is 5. The maximum absolute atomic E-state index is 11.8. The number of benzene rings is 2. The molecule has 0 saturated heterocycles. The van der Waals surface area contributed by atoms with Crippen LogP contribution >= 0.6 is 23.2 Å². The zero-order chi connectivity index (χ0) is 17.0. The van der Waals surface area contributed by atoms with Gasteiger partial charge in [0.1, 0.15) is 5.75 Å². The zero-order valence-electron chi connectivity index (χ0n) is 12.0. The van der Waals surface area contributed by atoms with Crippen molar-refractivity contribution in [3.05, 3.63) is 52.5 Å². The summed E-state index contributed by atoms with van der Waals surface area (Å²) in [5, 5.41) is 3.33. The van der Waals surface area contributed by atoms with Crippen LogP contribution in [0.1, 0.15) is 0 Å². The first kappa shape index (κ1) is 17.6. The summed E-state index contributed by atoms with van der Waals surface area (Å²) in [6.45, 7) is -0.216. The van der Waals surface area contributed by atoms with Crippen LogP contribution in [0.15, 0.2) is 47.4 Å². The Labute approximate surface area is 144 Å². The first-order valence-electron chi connectivity index (χ1n) is 6.43. The Bertz CT molecular complexity index is 820. The molecule has 0 bridgehead atoms. The summed E-state index contributed by atoms with van der Waals surface area (Å²) >= 11 is 11.6. The molecule has 23 heavy (non-hydrogen) atoms. The van der Waals surface area contributed by atoms with E-state index in [-0.39, 0.29) is 17.4 Å². The van der Waals surface area contributed by atoms with E-state index in [0.717, 1.165) is 6.26 Å². The summed E-state index contributed by atoms with van der Waals surface area (Å²) in [5.74, 6) is 0.0325. The number of carbonyl (C=O) groups excluding carboxylic acids is 1. The van der Waals surface area contributed by atoms with Gasteiger partial charge in [0, 0.05) is 18.0 Å². The molecule has 122 valence electrons. The van der Waals surface area contributed by atoms with Gasteiger partial charge in [-0.2, -0.15) is 0 Å². The molecule has 8 heteroatoms. The smallest absolute Gasteiger partial charge is 0.262 e. The second-order valence-electron chi connectivity index (χ2n) is 4.71. The van der Waals surface area contributed by atoms with Gasteiger partial charge in [0.05, 0.1) is 14.9 Å². The minimum absolute atomic E-state index is 0.183. The molecule has 0 aliphatic rings. The van der Waals surface area contributed by atoms with Gasteiger partial charge < -0.3 is 10.1 Å². The first-order valence-corrected chi connectivity index (χ1v) is 9.08. The van der Waals surface area contributed by atoms with Crippen LogP contribution in [0.5, 0.6) is 5.75 Å². The predicted octanol–water partition coefficient (Wildman–Crippen LogP) is 3.41. The molecular formula is C15H13Cl2NO4S. The third kappa shape index (κ3) is 5.13. The zero-order valence-corrected chi connectivity index (χ0v) is 14.4. The van der Waals surface area contributed by atoms with E-state index in [2.05, 4.69) is 5.32 Å². The van der Waals surface area contributed by atoms with Gasteiger partial charge in [-0.05, 0) is 36.4 Å². The van der Waals surface area contributed by atoms with Crippen LogP contribution < -0.4 is 10.1 Å². The third-order valence-corrected chi connectivity index (χ3v) is 4.69. The minimum Gasteiger partial charge on any atom is -0.484 e. The molecule has 0 fully saturated rings. The highest BCUT2D eigenvalue weighted by atomic mass is 35.5. The average Bonchev–Trinajstić information content (AvgIpc) is 2.48. The molecule has 2 aromatic rings. The van der Waals surface area contributed by atoms with E-state index in [1.807, 2.05) is 0 Å². The van der Waals surface area contributed by atoms with Gasteiger partial charge in [0.2, 0.25) is 0 Å². The van der Waals surface area contributed by atoms with E-state index in [1.165, 1.54) is 30.3 Å². The molecule has 0 aliphatic heterocycles. The fraction of sp³-hybridized carbons (Fsp3) is 0.133. The van der Waals surface area contributed by atoms with Crippen molar-refractivity contribution in [3.63, 3.8) is 0 Å². The normalized spacial score (nSPS) is 11.1. The Hall–Kier alpha value is -1.76. The number of amides is 1. The van der Waals surface area contributed by atoms with Crippen molar-refractivity contribution in [2.45, 2.75) is 4.90 Å². The summed E-state index contributed by atoms with van der Waals surface area (Å²) < 4.78 is 28.0. The molecule has 0 spiro atoms. The maximum Gasteiger partial charge on any atom is 0.262 e. The van der Waals surface area contributed by atoms with Crippen molar-refractivity contribution in [1.82, 2.24) is 0 Å². The van der Waals surface area contributed by atoms with E-state index in [4.69, 9.17) is 27.9 Å². The van der Waals surface area contributed by atoms with Crippen LogP contribution in [-0.2, 0) is 14.6 Å². The molecule has 0 aliphatic carbocycles. The highest BCUT2D eigenvalue weighted by Crippen LogP contribution is 2.26. The Morgan fingerprint density at radius 3 is 2.30 bits per heavy atom. The molecule has 2 rings (SSSR count). The van der Waals surface area contributed by atoms with Gasteiger partial charge in [-0.25, -0.2) is 8.42 Å². The number of ether oxygens (including phenoxy) is 1. The van der Waals surface area contributed by atoms with E-state index in [9.17, 15) is 13.2 Å². The van der Waals surface area contributed by atoms with Crippen molar-refractivity contribution in [1.29, 1.82) is 0 Å². The molecule has 0 saturated carbocycles. The quantitative estimate of drug-likeness (QED) is 0.871. The van der Waals surface area contributed by atoms with E-state index < -0.39 is 9.84 Å². The lowest BCUT2D eigenvalue weighted by Gasteiger charge is -2.08. The molecule has 0 heterocycles. The second-order valence-corrected chi connectivity index (χ2v) is 7.54. The predicted molar refractivity (Wildman–Crippen MR) is 90.1 cm³/mol. The standard InChI is InChI=1S/C15H13Cl2NO4S/c1-23(20,21)12-5-2-10(3-6-12)18-15(19)9-22-11-4-7-13(16)14(17)8-11/h2-8H,9H2,1H3,(H,18,19). The van der Waals surface area contributed by atoms with Gasteiger partial charge in [-0.15, -0.1) is 0 Å². The number of nitrogens with one attached hydrogen (secondary N) is 1. The largest absolute Gasteiger partial charge is 0.484 e. The van der Waals surface area contributed by atoms with Crippen LogP contribution in [0.2, 0.25) is 10.0 Å². The molecule has 0 atom stereocenters. The van der Waals surface area contributed by atoms with Crippen LogP contribution in [0, 0.1) is 0 Å². The van der Waals surface area contributed by atoms with Gasteiger partial charge >= 0.3 is 0 Å². The number of hydrogen-bond donors (Lipinski definition) is 1. The SMILES string of the molecule is CS(=O)(=O)c1ccc(NC(=O)COc2ccc(Cl)c(Cl)c2)cc1. The fourth-order valence-corrected chi connectivity index (χ4v) is 2.62. The summed E-state index contributed by atoms with van der Waals surface area (Å²) in [6.07, 6.45) is 1.12. The Balaban J connectivity index is 1.93. The summed E-state index contributed by atoms with van der Waals surface area (Å²) in [6, 6.07) is 10.5. The number of carbonyl (C=O) groups is 1. The molecule has 0 aromatic heterocycles. The summed E-state index contributed by atoms with van der Waals surface area (Å²) in [5.41, 5.74) is 0.472. The van der Waals surface area contributed by atoms with Crippen molar-refractivity contribution >= 4 is 44.6 Å². The van der Waals surface area contributed by atoms with Crippen molar-refractivity contribution in [2.24, 2.45) is 0 Å². The van der Waals surface area contributed by atoms with E-state index in [0.29, 0.717) is 21.5 Å². The minimum atomic E-state index is -3.26. The molecule has 0 radical (unpaired) electrons. The van der Waals surface area contributed by atoms with Crippen molar-refractivity contribution < 1.29 is 17.9 Å². The number of anilines is 1. The first-order chi connectivity index (χ1) is 10.8. The lowest BCUT2D eigenvalue weighted by atomic mass is 10.3. The fourth-order valence-electron chi connectivity index (χ4n) is 1.70. The molecular weight excluding hydrogens is 361 g/mol. The molecule has 1 N–H and O–H groups in total. The van der Waals surface area contributed by atoms with Crippen molar-refractivity contribution in [2.75, 3.05) is 18.2 Å². The topological polar surface area (TPSA) is 72.5 Å². The summed E-state index contributed by atoms with van der Waals surface area (Å²) in [7, 11) is -3.26. The van der Waals surface area contributed by atoms with Gasteiger partial charge in [0.15, 0.2) is 16.4 Å². The Morgan fingerprint density at radius 1 is 1.09 bits per heavy atom. The van der Waals surface area contributed by atoms with Gasteiger partial charge in [-0.3, -0.25) is 4.79 Å². The number of sulfone groups is 1. The van der Waals surface area contributed by atoms with Crippen LogP contribution in [0.4, 0.5) is 5.69 Å². The average molecular weight is 374 g/mol. The molecule has 0 unspecified atom stereocenters. The van der Waals surface area contributed by atoms with Gasteiger partial charge in [0.25, 0.3) is 5.91 Å². The van der Waals surface area contributed by atoms with Crippen LogP contribution in [0.3, 0.4) is 0 Å². The second kappa shape index (κ2) is 7.21. The van der Waals surface area contributed by atoms with Crippen molar-refractivity contribution in [3.8, 4) is 5.75 Å². The Morgan fingerprint density at radius 2 is 1.74 bits per heavy atom. The third-order valence-electron chi connectivity index (χ3n) is 2.83. The van der Waals surface area contributed by atoms with Crippen LogP contribution in [-0.4, -0.2) is 27.2 Å². The Kier molecular flexibility index (Phi) is 5.51. The molecule has 2 aromatic carbocycles. The maximum atomic E-state index is 11.8. The highest BCUT2D eigenvalue weighted by molar-refractivity contribution is 7.90. The van der Waals surface area contributed by atoms with Crippen LogP contribution in [0.25, 0.3) is 0 Å². The summed E-state index contributed by atoms with van der Waals surface area (Å²) in [4.78, 5) is 12.0. The van der Waals surface area contributed by atoms with E-state index in [1.54, 1.807) is 12.1 Å². The highest BCUT2D eigenvalue weighted by Gasteiger charge is 2.08. The molecule has 1 amide bonds. The lowest BCUT2D eigenvalue weighted by Crippen LogP contribution is -2.20. The monoisotopic (exact) mass is 373 g/mol. The van der Waals surface area contributed by atoms with E-state index >= 15 is 0 Å².